The molecule has 0 radical (unpaired) electrons. The zero-order valence-corrected chi connectivity index (χ0v) is 22.5. The predicted molar refractivity (Wildman–Crippen MR) is 135 cm³/mol. The van der Waals surface area contributed by atoms with Crippen molar-refractivity contribution in [2.75, 3.05) is 38.2 Å². The smallest absolute Gasteiger partial charge is 0.368 e. The van der Waals surface area contributed by atoms with E-state index in [2.05, 4.69) is 19.9 Å². The summed E-state index contributed by atoms with van der Waals surface area (Å²) < 4.78 is 83.2. The van der Waals surface area contributed by atoms with Crippen LogP contribution in [0.2, 0.25) is 0 Å². The molecule has 0 aromatic carbocycles. The van der Waals surface area contributed by atoms with Crippen molar-refractivity contribution in [2.45, 2.75) is 54.8 Å². The SMILES string of the molecule is [2H]COC1(C(=O)N2CCN(c3cc(S(=O)(=O)NC4(C)CC4)cn4c(-c5nnc(C(F)(F)F)s5)ncc34)CC2)CC1. The molecule has 3 aliphatic rings. The molecule has 0 atom stereocenters. The molecule has 3 fully saturated rings. The second kappa shape index (κ2) is 8.84. The summed E-state index contributed by atoms with van der Waals surface area (Å²) in [5.74, 6) is -0.109. The molecule has 1 N–H and O–H groups in total. The summed E-state index contributed by atoms with van der Waals surface area (Å²) in [6.45, 7) is 3.27. The average molecular weight is 587 g/mol. The van der Waals surface area contributed by atoms with Gasteiger partial charge in [-0.3, -0.25) is 9.20 Å². The Bertz CT molecular complexity index is 1580. The van der Waals surface area contributed by atoms with Gasteiger partial charge < -0.3 is 14.5 Å². The highest BCUT2D eigenvalue weighted by Gasteiger charge is 2.52. The molecule has 16 heteroatoms. The van der Waals surface area contributed by atoms with Crippen LogP contribution in [0.5, 0.6) is 0 Å². The average Bonchev–Trinajstić information content (AvgIpc) is 3.70. The summed E-state index contributed by atoms with van der Waals surface area (Å²) in [6, 6.07) is 1.53. The standard InChI is InChI=1S/C23H26F3N7O4S2/c1-21(3-4-21)30-39(35,36)14-11-15(31-7-9-32(10-8-31)20(34)22(37-2)5-6-22)16-12-27-17(33(16)13-14)18-28-29-19(38-18)23(24,25)26/h11-13,30H,3-10H2,1-2H3/i2D. The molecule has 0 bridgehead atoms. The molecule has 6 rings (SSSR count). The van der Waals surface area contributed by atoms with Gasteiger partial charge >= 0.3 is 6.18 Å². The molecule has 2 aliphatic carbocycles. The molecule has 1 aliphatic heterocycles. The Morgan fingerprint density at radius 1 is 1.18 bits per heavy atom. The minimum Gasteiger partial charge on any atom is -0.368 e. The number of ether oxygens (including phenoxy) is 1. The lowest BCUT2D eigenvalue weighted by Crippen LogP contribution is -2.52. The van der Waals surface area contributed by atoms with Gasteiger partial charge in [0.15, 0.2) is 10.8 Å². The van der Waals surface area contributed by atoms with Crippen LogP contribution >= 0.6 is 11.3 Å². The number of methoxy groups -OCH3 is 1. The number of aromatic nitrogens is 4. The van der Waals surface area contributed by atoms with Crippen LogP contribution in [0.15, 0.2) is 23.4 Å². The molecule has 3 aromatic rings. The van der Waals surface area contributed by atoms with E-state index in [0.717, 1.165) is 0 Å². The lowest BCUT2D eigenvalue weighted by Gasteiger charge is -2.37. The van der Waals surface area contributed by atoms with Gasteiger partial charge in [-0.2, -0.15) is 13.2 Å². The van der Waals surface area contributed by atoms with Crippen LogP contribution in [0.4, 0.5) is 18.9 Å². The van der Waals surface area contributed by atoms with Crippen molar-refractivity contribution in [1.29, 1.82) is 0 Å². The molecule has 210 valence electrons. The van der Waals surface area contributed by atoms with Gasteiger partial charge in [0.2, 0.25) is 15.0 Å². The number of anilines is 1. The van der Waals surface area contributed by atoms with Crippen LogP contribution in [-0.4, -0.2) is 83.2 Å². The molecule has 0 spiro atoms. The van der Waals surface area contributed by atoms with E-state index >= 15 is 0 Å². The normalized spacial score (nSPS) is 20.8. The van der Waals surface area contributed by atoms with Gasteiger partial charge in [-0.25, -0.2) is 18.1 Å². The monoisotopic (exact) mass is 586 g/mol. The number of fused-ring (bicyclic) bond motifs is 1. The van der Waals surface area contributed by atoms with Gasteiger partial charge in [-0.15, -0.1) is 10.2 Å². The summed E-state index contributed by atoms with van der Waals surface area (Å²) in [5.41, 5.74) is -0.462. The second-order valence-electron chi connectivity index (χ2n) is 10.4. The molecule has 1 saturated heterocycles. The third-order valence-corrected chi connectivity index (χ3v) is 9.99. The highest BCUT2D eigenvalue weighted by atomic mass is 32.2. The Morgan fingerprint density at radius 2 is 1.90 bits per heavy atom. The summed E-state index contributed by atoms with van der Waals surface area (Å²) in [6.07, 6.45) is 0.681. The number of hydrogen-bond acceptors (Lipinski definition) is 9. The van der Waals surface area contributed by atoms with E-state index < -0.39 is 32.3 Å². The maximum atomic E-state index is 13.4. The maximum absolute atomic E-state index is 13.4. The number of alkyl halides is 3. The molecule has 3 aromatic heterocycles. The summed E-state index contributed by atoms with van der Waals surface area (Å²) in [4.78, 5) is 20.8. The van der Waals surface area contributed by atoms with Crippen molar-refractivity contribution >= 4 is 38.5 Å². The highest BCUT2D eigenvalue weighted by Crippen LogP contribution is 2.41. The number of hydrogen-bond donors (Lipinski definition) is 1. The Kier molecular flexibility index (Phi) is 5.71. The van der Waals surface area contributed by atoms with E-state index in [-0.39, 0.29) is 28.7 Å². The molecule has 4 heterocycles. The van der Waals surface area contributed by atoms with Gasteiger partial charge in [0.1, 0.15) is 10.5 Å². The quantitative estimate of drug-likeness (QED) is 0.448. The third kappa shape index (κ3) is 4.76. The van der Waals surface area contributed by atoms with E-state index in [1.807, 2.05) is 4.90 Å². The van der Waals surface area contributed by atoms with Gasteiger partial charge in [-0.05, 0) is 38.7 Å². The number of amides is 1. The largest absolute Gasteiger partial charge is 0.445 e. The minimum absolute atomic E-state index is 0.0379. The Balaban J connectivity index is 1.36. The van der Waals surface area contributed by atoms with Gasteiger partial charge in [0.25, 0.3) is 5.91 Å². The molecule has 1 amide bonds. The van der Waals surface area contributed by atoms with E-state index in [4.69, 9.17) is 6.11 Å². The van der Waals surface area contributed by atoms with Gasteiger partial charge in [-0.1, -0.05) is 11.3 Å². The van der Waals surface area contributed by atoms with Crippen molar-refractivity contribution in [2.24, 2.45) is 0 Å². The van der Waals surface area contributed by atoms with Crippen molar-refractivity contribution < 1.29 is 32.5 Å². The fourth-order valence-electron chi connectivity index (χ4n) is 4.69. The van der Waals surface area contributed by atoms with Crippen LogP contribution in [0.1, 0.15) is 39.0 Å². The van der Waals surface area contributed by atoms with E-state index in [0.29, 0.717) is 74.4 Å². The molecule has 0 unspecified atom stereocenters. The Hall–Kier alpha value is -2.82. The number of rotatable bonds is 7. The fraction of sp³-hybridized carbons (Fsp3) is 0.565. The molecule has 39 heavy (non-hydrogen) atoms. The molecular formula is C23H26F3N7O4S2. The highest BCUT2D eigenvalue weighted by molar-refractivity contribution is 7.89. The first kappa shape index (κ1) is 25.2. The number of sulfonamides is 1. The lowest BCUT2D eigenvalue weighted by molar-refractivity contribution is -0.145. The lowest BCUT2D eigenvalue weighted by atomic mass is 10.2. The van der Waals surface area contributed by atoms with E-state index in [1.165, 1.54) is 22.9 Å². The van der Waals surface area contributed by atoms with Crippen LogP contribution in [0.25, 0.3) is 16.3 Å². The second-order valence-corrected chi connectivity index (χ2v) is 13.1. The molecule has 11 nitrogen and oxygen atoms in total. The van der Waals surface area contributed by atoms with E-state index in [9.17, 15) is 26.4 Å². The van der Waals surface area contributed by atoms with Crippen molar-refractivity contribution in [3.8, 4) is 10.8 Å². The Labute approximate surface area is 227 Å². The number of halogens is 3. The van der Waals surface area contributed by atoms with Crippen LogP contribution in [0, 0.1) is 0 Å². The molecular weight excluding hydrogens is 559 g/mol. The van der Waals surface area contributed by atoms with Crippen molar-refractivity contribution in [1.82, 2.24) is 29.2 Å². The van der Waals surface area contributed by atoms with Crippen LogP contribution in [0.3, 0.4) is 0 Å². The minimum atomic E-state index is -4.67. The maximum Gasteiger partial charge on any atom is 0.445 e. The fourth-order valence-corrected chi connectivity index (χ4v) is 6.87. The number of pyridine rings is 1. The molecule has 2 saturated carbocycles. The first-order valence-corrected chi connectivity index (χ1v) is 14.6. The first-order valence-electron chi connectivity index (χ1n) is 13.0. The number of nitrogens with one attached hydrogen (secondary N) is 1. The number of piperazine rings is 1. The van der Waals surface area contributed by atoms with Crippen molar-refractivity contribution in [3.05, 3.63) is 23.5 Å². The summed E-state index contributed by atoms with van der Waals surface area (Å²) >= 11 is 0.324. The number of carbonyl (C=O) groups is 1. The number of imidazole rings is 1. The first-order chi connectivity index (χ1) is 18.8. The van der Waals surface area contributed by atoms with E-state index in [1.54, 1.807) is 11.8 Å². The van der Waals surface area contributed by atoms with Gasteiger partial charge in [0, 0.05) is 45.0 Å². The zero-order chi connectivity index (χ0) is 28.5. The summed E-state index contributed by atoms with van der Waals surface area (Å²) in [7, 11) is -4.27. The number of nitrogens with zero attached hydrogens (tertiary/aromatic N) is 6. The summed E-state index contributed by atoms with van der Waals surface area (Å²) in [5, 5.41) is 5.68. The third-order valence-electron chi connectivity index (χ3n) is 7.42. The predicted octanol–water partition coefficient (Wildman–Crippen LogP) is 2.53. The van der Waals surface area contributed by atoms with Gasteiger partial charge in [0.05, 0.1) is 18.8 Å². The zero-order valence-electron chi connectivity index (χ0n) is 21.9. The Morgan fingerprint density at radius 3 is 2.49 bits per heavy atom. The topological polar surface area (TPSA) is 122 Å². The van der Waals surface area contributed by atoms with Crippen molar-refractivity contribution in [3.63, 3.8) is 0 Å². The van der Waals surface area contributed by atoms with Crippen LogP contribution < -0.4 is 9.62 Å². The van der Waals surface area contributed by atoms with Crippen LogP contribution in [-0.2, 0) is 25.7 Å². The number of carbonyl (C=O) groups excluding carboxylic acids is 1.